The summed E-state index contributed by atoms with van der Waals surface area (Å²) in [5, 5.41) is 15.8. The van der Waals surface area contributed by atoms with Gasteiger partial charge in [0.1, 0.15) is 22.6 Å². The lowest BCUT2D eigenvalue weighted by Crippen LogP contribution is -2.31. The highest BCUT2D eigenvalue weighted by atomic mass is 35.7. The number of rotatable bonds is 7. The molecule has 0 saturated heterocycles. The normalized spacial score (nSPS) is 11.5. The molecule has 79 heavy (non-hydrogen) atoms. The van der Waals surface area contributed by atoms with Crippen LogP contribution in [0.5, 0.6) is 0 Å². The van der Waals surface area contributed by atoms with Crippen LogP contribution in [-0.4, -0.2) is 58.9 Å². The van der Waals surface area contributed by atoms with Gasteiger partial charge in [-0.05, 0) is 98.0 Å². The lowest BCUT2D eigenvalue weighted by molar-refractivity contribution is -0.138. The lowest BCUT2D eigenvalue weighted by Gasteiger charge is -2.15. The van der Waals surface area contributed by atoms with E-state index in [1.807, 2.05) is 23.8 Å². The van der Waals surface area contributed by atoms with E-state index in [1.165, 1.54) is 12.1 Å². The molecule has 0 atom stereocenters. The molecule has 0 saturated carbocycles. The fourth-order valence-electron chi connectivity index (χ4n) is 6.33. The van der Waals surface area contributed by atoms with Gasteiger partial charge < -0.3 is 21.5 Å². The van der Waals surface area contributed by atoms with Crippen molar-refractivity contribution in [3.8, 4) is 22.5 Å². The number of anilines is 3. The minimum absolute atomic E-state index is 0.0343. The molecular formula is C49H40BCl2F11N8O6S2. The van der Waals surface area contributed by atoms with Gasteiger partial charge in [-0.3, -0.25) is 4.72 Å². The number of halogens is 13. The van der Waals surface area contributed by atoms with Gasteiger partial charge in [-0.15, -0.1) is 0 Å². The second-order valence-corrected chi connectivity index (χ2v) is 20.3. The van der Waals surface area contributed by atoms with Crippen LogP contribution in [-0.2, 0) is 37.6 Å². The molecule has 30 heteroatoms. The second kappa shape index (κ2) is 26.9. The standard InChI is InChI=1S/C18H13F4N3O2S.C13H11F3N2.C7H9BO2.C6H4ClF3N2.C5H3ClFNO2S/c1-11-5-2-3-6-12(11)17-13(18(20,21)22)9-10-15(24-17)25-28(26,27)16-8-4-7-14(19)23-16;1-8-4-2-3-5-9(8)12-10(13(14,15)16)6-7-11(17)18-12;1-6-4-2-3-5-7(6)8(9)10;7-5-3(6(8,9)10)1-2-4(11)12-5;6-11(9,10)5-3-1-2-4(7)8-5/h2-10H,1H3,(H,24,25);2-7H,1H3,(H2,17,18);2-5,9-10H,1H3;1-2H,(H2,11,12);1-3H. The summed E-state index contributed by atoms with van der Waals surface area (Å²) in [5.41, 5.74) is 10.7. The molecule has 8 rings (SSSR count). The smallest absolute Gasteiger partial charge is 0.423 e. The van der Waals surface area contributed by atoms with Crippen LogP contribution < -0.4 is 21.7 Å². The maximum Gasteiger partial charge on any atom is 0.488 e. The van der Waals surface area contributed by atoms with Crippen molar-refractivity contribution >= 4 is 71.4 Å². The molecule has 0 aliphatic rings. The SMILES string of the molecule is Cc1ccccc1-c1nc(N)ccc1C(F)(F)F.Cc1ccccc1-c1nc(NS(=O)(=O)c2cccc(F)n2)ccc1C(F)(F)F.Cc1ccccc1B(O)O.Nc1ccc(C(F)(F)F)c(Cl)n1.O=S(=O)(Cl)c1cccc(F)n1. The first kappa shape index (κ1) is 64.0. The summed E-state index contributed by atoms with van der Waals surface area (Å²) in [6, 6.07) is 32.4. The Morgan fingerprint density at radius 1 is 0.494 bits per heavy atom. The first-order valence-corrected chi connectivity index (χ1v) is 25.9. The van der Waals surface area contributed by atoms with Crippen LogP contribution in [0.3, 0.4) is 0 Å². The quantitative estimate of drug-likeness (QED) is 0.0433. The third-order valence-corrected chi connectivity index (χ3v) is 12.8. The van der Waals surface area contributed by atoms with Crippen LogP contribution in [0.15, 0.2) is 156 Å². The highest BCUT2D eigenvalue weighted by Gasteiger charge is 2.37. The number of hydrogen-bond donors (Lipinski definition) is 5. The predicted molar refractivity (Wildman–Crippen MR) is 275 cm³/mol. The molecule has 0 aliphatic carbocycles. The summed E-state index contributed by atoms with van der Waals surface area (Å²) < 4.78 is 188. The van der Waals surface area contributed by atoms with Crippen LogP contribution in [0.2, 0.25) is 5.15 Å². The Bertz CT molecular complexity index is 3630. The van der Waals surface area contributed by atoms with Crippen LogP contribution in [0, 0.1) is 32.7 Å². The number of sulfonamides is 1. The molecule has 0 fully saturated rings. The summed E-state index contributed by atoms with van der Waals surface area (Å²) in [6.45, 7) is 5.19. The molecule has 0 radical (unpaired) electrons. The van der Waals surface area contributed by atoms with E-state index in [9.17, 15) is 65.1 Å². The van der Waals surface area contributed by atoms with E-state index >= 15 is 0 Å². The van der Waals surface area contributed by atoms with Crippen molar-refractivity contribution < 1.29 is 75.2 Å². The summed E-state index contributed by atoms with van der Waals surface area (Å²) >= 11 is 5.20. The molecule has 8 aromatic rings. The summed E-state index contributed by atoms with van der Waals surface area (Å²) in [4.78, 5) is 17.3. The summed E-state index contributed by atoms with van der Waals surface area (Å²) in [6.07, 6.45) is -13.6. The third kappa shape index (κ3) is 19.1. The largest absolute Gasteiger partial charge is 0.488 e. The van der Waals surface area contributed by atoms with Gasteiger partial charge in [0.2, 0.25) is 11.9 Å². The number of aromatic nitrogens is 5. The van der Waals surface area contributed by atoms with Gasteiger partial charge in [0, 0.05) is 21.8 Å². The minimum Gasteiger partial charge on any atom is -0.423 e. The van der Waals surface area contributed by atoms with Crippen molar-refractivity contribution in [3.63, 3.8) is 0 Å². The second-order valence-electron chi connectivity index (χ2n) is 15.8. The van der Waals surface area contributed by atoms with Gasteiger partial charge in [-0.1, -0.05) is 102 Å². The Hall–Kier alpha value is -7.50. The number of hydrogen-bond acceptors (Lipinski definition) is 13. The summed E-state index contributed by atoms with van der Waals surface area (Å²) in [7, 11) is -4.71. The average molecular weight is 1190 g/mol. The molecular weight excluding hydrogens is 1150 g/mol. The molecule has 0 bridgehead atoms. The first-order chi connectivity index (χ1) is 36.6. The zero-order valence-electron chi connectivity index (χ0n) is 40.6. The van der Waals surface area contributed by atoms with Crippen molar-refractivity contribution in [2.45, 2.75) is 49.4 Å². The molecule has 0 amide bonds. The van der Waals surface area contributed by atoms with Gasteiger partial charge in [-0.25, -0.2) is 33.3 Å². The number of nitrogens with two attached hydrogens (primary N) is 2. The lowest BCUT2D eigenvalue weighted by atomic mass is 9.77. The van der Waals surface area contributed by atoms with Gasteiger partial charge >= 0.3 is 25.6 Å². The number of aryl methyl sites for hydroxylation is 3. The molecule has 0 spiro atoms. The van der Waals surface area contributed by atoms with Crippen molar-refractivity contribution in [3.05, 3.63) is 196 Å². The molecule has 418 valence electrons. The topological polar surface area (TPSA) is 237 Å². The number of nitrogen functional groups attached to an aromatic ring is 2. The molecule has 0 unspecified atom stereocenters. The van der Waals surface area contributed by atoms with Gasteiger partial charge in [-0.2, -0.15) is 56.7 Å². The highest BCUT2D eigenvalue weighted by Crippen LogP contribution is 2.39. The molecule has 14 nitrogen and oxygen atoms in total. The van der Waals surface area contributed by atoms with E-state index in [0.717, 1.165) is 77.9 Å². The zero-order chi connectivity index (χ0) is 59.3. The van der Waals surface area contributed by atoms with E-state index in [1.54, 1.807) is 68.4 Å². The van der Waals surface area contributed by atoms with Crippen LogP contribution in [0.25, 0.3) is 22.5 Å². The molecule has 7 N–H and O–H groups in total. The number of alkyl halides is 9. The van der Waals surface area contributed by atoms with E-state index in [-0.39, 0.29) is 28.7 Å². The maximum absolute atomic E-state index is 13.4. The van der Waals surface area contributed by atoms with Crippen LogP contribution in [0.4, 0.5) is 65.7 Å². The molecule has 0 aliphatic heterocycles. The molecule has 5 aromatic heterocycles. The van der Waals surface area contributed by atoms with Crippen LogP contribution in [0.1, 0.15) is 33.4 Å². The summed E-state index contributed by atoms with van der Waals surface area (Å²) in [5.74, 6) is -2.19. The zero-order valence-corrected chi connectivity index (χ0v) is 43.7. The monoisotopic (exact) mass is 1190 g/mol. The number of nitrogens with zero attached hydrogens (tertiary/aromatic N) is 5. The minimum atomic E-state index is -4.69. The number of benzene rings is 3. The Kier molecular flexibility index (Phi) is 21.8. The van der Waals surface area contributed by atoms with Gasteiger partial charge in [0.05, 0.1) is 28.1 Å². The van der Waals surface area contributed by atoms with Crippen molar-refractivity contribution in [2.24, 2.45) is 0 Å². The van der Waals surface area contributed by atoms with Gasteiger partial charge in [0.25, 0.3) is 19.1 Å². The molecule has 3 aromatic carbocycles. The number of pyridine rings is 5. The fourth-order valence-corrected chi connectivity index (χ4v) is 8.25. The maximum atomic E-state index is 13.4. The Balaban J connectivity index is 0.000000227. The van der Waals surface area contributed by atoms with E-state index < -0.39 is 94.2 Å². The predicted octanol–water partition coefficient (Wildman–Crippen LogP) is 11.2. The fraction of sp³-hybridized carbons (Fsp3) is 0.122. The van der Waals surface area contributed by atoms with E-state index in [2.05, 4.69) is 24.9 Å². The Morgan fingerprint density at radius 2 is 0.899 bits per heavy atom. The van der Waals surface area contributed by atoms with Crippen LogP contribution >= 0.6 is 22.3 Å². The Labute approximate surface area is 453 Å². The first-order valence-electron chi connectivity index (χ1n) is 21.8. The van der Waals surface area contributed by atoms with Gasteiger partial charge in [0.15, 0.2) is 10.1 Å². The third-order valence-electron chi connectivity index (χ3n) is 10.0. The Morgan fingerprint density at radius 3 is 1.30 bits per heavy atom. The average Bonchev–Trinajstić information content (AvgIpc) is 3.34. The van der Waals surface area contributed by atoms with Crippen molar-refractivity contribution in [1.29, 1.82) is 0 Å². The highest BCUT2D eigenvalue weighted by molar-refractivity contribution is 8.13. The van der Waals surface area contributed by atoms with E-state index in [4.69, 9.17) is 43.8 Å². The van der Waals surface area contributed by atoms with Crippen molar-refractivity contribution in [1.82, 2.24) is 24.9 Å². The molecule has 5 heterocycles. The van der Waals surface area contributed by atoms with Crippen molar-refractivity contribution in [2.75, 3.05) is 16.2 Å². The van der Waals surface area contributed by atoms with E-state index in [0.29, 0.717) is 16.6 Å². The number of nitrogens with one attached hydrogen (secondary N) is 1.